The summed E-state index contributed by atoms with van der Waals surface area (Å²) in [4.78, 5) is 33.8. The molecule has 1 heterocycles. The van der Waals surface area contributed by atoms with E-state index < -0.39 is 23.9 Å². The van der Waals surface area contributed by atoms with Crippen LogP contribution >= 0.6 is 0 Å². The van der Waals surface area contributed by atoms with Crippen LogP contribution in [0.3, 0.4) is 0 Å². The van der Waals surface area contributed by atoms with Gasteiger partial charge in [-0.3, -0.25) is 14.9 Å². The molecule has 2 rings (SSSR count). The molecule has 1 unspecified atom stereocenters. The number of hydrogen-bond acceptors (Lipinski definition) is 5. The summed E-state index contributed by atoms with van der Waals surface area (Å²) in [7, 11) is 0. The van der Waals surface area contributed by atoms with Crippen LogP contribution < -0.4 is 11.1 Å². The number of anilines is 1. The number of rotatable bonds is 2. The highest BCUT2D eigenvalue weighted by atomic mass is 16.5. The lowest BCUT2D eigenvalue weighted by Gasteiger charge is -2.09. The third-order valence-corrected chi connectivity index (χ3v) is 2.36. The fraction of sp³-hybridized carbons (Fsp3) is 0.182. The molecule has 1 aromatic carbocycles. The Hall–Kier alpha value is -2.37. The van der Waals surface area contributed by atoms with Crippen LogP contribution in [0.15, 0.2) is 24.3 Å². The molecule has 1 fully saturated rings. The van der Waals surface area contributed by atoms with E-state index in [2.05, 4.69) is 5.32 Å². The van der Waals surface area contributed by atoms with E-state index in [1.807, 2.05) is 0 Å². The summed E-state index contributed by atoms with van der Waals surface area (Å²) in [5.74, 6) is -1.76. The SMILES string of the molecule is Nc1ccccc1C(=O)OC1CC(=O)NC1=O. The number of imide groups is 1. The average molecular weight is 234 g/mol. The summed E-state index contributed by atoms with van der Waals surface area (Å²) in [6, 6.07) is 6.35. The second-order valence-corrected chi connectivity index (χ2v) is 3.60. The van der Waals surface area contributed by atoms with Gasteiger partial charge < -0.3 is 10.5 Å². The lowest BCUT2D eigenvalue weighted by molar-refractivity contribution is -0.128. The largest absolute Gasteiger partial charge is 0.448 e. The van der Waals surface area contributed by atoms with Gasteiger partial charge in [0, 0.05) is 5.69 Å². The molecule has 1 saturated heterocycles. The molecule has 0 radical (unpaired) electrons. The maximum Gasteiger partial charge on any atom is 0.341 e. The Morgan fingerprint density at radius 2 is 2.06 bits per heavy atom. The third kappa shape index (κ3) is 2.25. The molecule has 17 heavy (non-hydrogen) atoms. The van der Waals surface area contributed by atoms with Gasteiger partial charge in [0.2, 0.25) is 5.91 Å². The molecule has 1 aliphatic heterocycles. The second-order valence-electron chi connectivity index (χ2n) is 3.60. The van der Waals surface area contributed by atoms with Gasteiger partial charge in [-0.15, -0.1) is 0 Å². The zero-order valence-electron chi connectivity index (χ0n) is 8.80. The first-order chi connectivity index (χ1) is 8.08. The Morgan fingerprint density at radius 3 is 2.65 bits per heavy atom. The van der Waals surface area contributed by atoms with Gasteiger partial charge >= 0.3 is 5.97 Å². The van der Waals surface area contributed by atoms with E-state index in [0.29, 0.717) is 0 Å². The van der Waals surface area contributed by atoms with Crippen molar-refractivity contribution in [3.63, 3.8) is 0 Å². The molecular weight excluding hydrogens is 224 g/mol. The van der Waals surface area contributed by atoms with Gasteiger partial charge in [-0.05, 0) is 12.1 Å². The first-order valence-electron chi connectivity index (χ1n) is 4.97. The van der Waals surface area contributed by atoms with Gasteiger partial charge in [-0.1, -0.05) is 12.1 Å². The van der Waals surface area contributed by atoms with Gasteiger partial charge in [0.05, 0.1) is 12.0 Å². The molecule has 0 bridgehead atoms. The number of carbonyl (C=O) groups excluding carboxylic acids is 3. The summed E-state index contributed by atoms with van der Waals surface area (Å²) in [5, 5.41) is 2.05. The number of hydrogen-bond donors (Lipinski definition) is 2. The smallest absolute Gasteiger partial charge is 0.341 e. The minimum Gasteiger partial charge on any atom is -0.448 e. The van der Waals surface area contributed by atoms with Crippen LogP contribution in [0.2, 0.25) is 0 Å². The number of nitrogens with two attached hydrogens (primary N) is 1. The topological polar surface area (TPSA) is 98.5 Å². The normalized spacial score (nSPS) is 18.9. The minimum absolute atomic E-state index is 0.142. The first-order valence-corrected chi connectivity index (χ1v) is 4.97. The Bertz CT molecular complexity index is 498. The van der Waals surface area contributed by atoms with Crippen molar-refractivity contribution >= 4 is 23.5 Å². The predicted molar refractivity (Wildman–Crippen MR) is 57.8 cm³/mol. The highest BCUT2D eigenvalue weighted by Gasteiger charge is 2.34. The van der Waals surface area contributed by atoms with Crippen LogP contribution in [0.4, 0.5) is 5.69 Å². The number of para-hydroxylation sites is 1. The van der Waals surface area contributed by atoms with Crippen LogP contribution in [0.1, 0.15) is 16.8 Å². The van der Waals surface area contributed by atoms with Crippen LogP contribution in [-0.2, 0) is 14.3 Å². The number of esters is 1. The molecule has 0 saturated carbocycles. The Morgan fingerprint density at radius 1 is 1.35 bits per heavy atom. The van der Waals surface area contributed by atoms with Crippen molar-refractivity contribution < 1.29 is 19.1 Å². The van der Waals surface area contributed by atoms with Crippen molar-refractivity contribution in [1.29, 1.82) is 0 Å². The van der Waals surface area contributed by atoms with E-state index in [-0.39, 0.29) is 17.7 Å². The highest BCUT2D eigenvalue weighted by Crippen LogP contribution is 2.15. The molecule has 1 aromatic rings. The Labute approximate surface area is 96.7 Å². The average Bonchev–Trinajstić information content (AvgIpc) is 2.58. The molecular formula is C11H10N2O4. The molecule has 6 nitrogen and oxygen atoms in total. The molecule has 0 spiro atoms. The minimum atomic E-state index is -1.06. The lowest BCUT2D eigenvalue weighted by atomic mass is 10.2. The maximum absolute atomic E-state index is 11.7. The quantitative estimate of drug-likeness (QED) is 0.421. The molecule has 6 heteroatoms. The fourth-order valence-electron chi connectivity index (χ4n) is 1.50. The Balaban J connectivity index is 2.10. The first kappa shape index (κ1) is 11.1. The number of nitrogen functional groups attached to an aromatic ring is 1. The molecule has 1 atom stereocenters. The van der Waals surface area contributed by atoms with E-state index in [9.17, 15) is 14.4 Å². The summed E-state index contributed by atoms with van der Waals surface area (Å²) >= 11 is 0. The summed E-state index contributed by atoms with van der Waals surface area (Å²) < 4.78 is 4.91. The summed E-state index contributed by atoms with van der Waals surface area (Å²) in [6.07, 6.45) is -1.20. The van der Waals surface area contributed by atoms with Crippen molar-refractivity contribution in [2.75, 3.05) is 5.73 Å². The molecule has 3 N–H and O–H groups in total. The monoisotopic (exact) mass is 234 g/mol. The maximum atomic E-state index is 11.7. The van der Waals surface area contributed by atoms with E-state index in [4.69, 9.17) is 10.5 Å². The van der Waals surface area contributed by atoms with E-state index >= 15 is 0 Å². The number of amides is 2. The fourth-order valence-corrected chi connectivity index (χ4v) is 1.50. The molecule has 88 valence electrons. The molecule has 0 aromatic heterocycles. The van der Waals surface area contributed by atoms with Gasteiger partial charge in [-0.25, -0.2) is 4.79 Å². The van der Waals surface area contributed by atoms with E-state index in [0.717, 1.165) is 0 Å². The van der Waals surface area contributed by atoms with Crippen molar-refractivity contribution in [2.45, 2.75) is 12.5 Å². The zero-order valence-corrected chi connectivity index (χ0v) is 8.80. The number of ether oxygens (including phenoxy) is 1. The summed E-state index contributed by atoms with van der Waals surface area (Å²) in [5.41, 5.74) is 6.04. The number of benzene rings is 1. The van der Waals surface area contributed by atoms with Gasteiger partial charge in [0.25, 0.3) is 5.91 Å². The standard InChI is InChI=1S/C11H10N2O4/c12-7-4-2-1-3-6(7)11(16)17-8-5-9(14)13-10(8)15/h1-4,8H,5,12H2,(H,13,14,15). The highest BCUT2D eigenvalue weighted by molar-refractivity contribution is 6.06. The molecule has 0 aliphatic carbocycles. The van der Waals surface area contributed by atoms with E-state index in [1.54, 1.807) is 18.2 Å². The van der Waals surface area contributed by atoms with E-state index in [1.165, 1.54) is 6.07 Å². The Kier molecular flexibility index (Phi) is 2.78. The van der Waals surface area contributed by atoms with Gasteiger partial charge in [0.1, 0.15) is 0 Å². The molecule has 1 aliphatic rings. The van der Waals surface area contributed by atoms with Gasteiger partial charge in [-0.2, -0.15) is 0 Å². The van der Waals surface area contributed by atoms with Crippen molar-refractivity contribution in [3.05, 3.63) is 29.8 Å². The summed E-state index contributed by atoms with van der Waals surface area (Å²) in [6.45, 7) is 0. The van der Waals surface area contributed by atoms with Crippen LogP contribution in [0.5, 0.6) is 0 Å². The number of nitrogens with one attached hydrogen (secondary N) is 1. The lowest BCUT2D eigenvalue weighted by Crippen LogP contribution is -2.28. The zero-order chi connectivity index (χ0) is 12.4. The van der Waals surface area contributed by atoms with Crippen molar-refractivity contribution in [1.82, 2.24) is 5.32 Å². The van der Waals surface area contributed by atoms with Crippen LogP contribution in [-0.4, -0.2) is 23.9 Å². The van der Waals surface area contributed by atoms with Crippen molar-refractivity contribution in [3.8, 4) is 0 Å². The van der Waals surface area contributed by atoms with Crippen LogP contribution in [0, 0.1) is 0 Å². The second kappa shape index (κ2) is 4.25. The number of carbonyl (C=O) groups is 3. The van der Waals surface area contributed by atoms with Crippen LogP contribution in [0.25, 0.3) is 0 Å². The van der Waals surface area contributed by atoms with Crippen molar-refractivity contribution in [2.24, 2.45) is 0 Å². The molecule has 2 amide bonds. The van der Waals surface area contributed by atoms with Gasteiger partial charge in [0.15, 0.2) is 6.10 Å². The third-order valence-electron chi connectivity index (χ3n) is 2.36. The predicted octanol–water partition coefficient (Wildman–Crippen LogP) is -0.159.